The van der Waals surface area contributed by atoms with Crippen molar-refractivity contribution in [3.05, 3.63) is 0 Å². The highest BCUT2D eigenvalue weighted by atomic mass is 19.2. The molecule has 0 N–H and O–H groups in total. The lowest BCUT2D eigenvalue weighted by Crippen LogP contribution is -2.18. The molecule has 0 aromatic heterocycles. The molecule has 10 heavy (non-hydrogen) atoms. The Morgan fingerprint density at radius 3 is 2.70 bits per heavy atom. The summed E-state index contributed by atoms with van der Waals surface area (Å²) in [5, 5.41) is 0. The average Bonchev–Trinajstić information content (AvgIpc) is 2.10. The van der Waals surface area contributed by atoms with Crippen LogP contribution in [-0.2, 0) is 9.53 Å². The van der Waals surface area contributed by atoms with E-state index >= 15 is 0 Å². The molecule has 1 saturated heterocycles. The maximum Gasteiger partial charge on any atom is 0.344 e. The van der Waals surface area contributed by atoms with Crippen molar-refractivity contribution in [1.82, 2.24) is 0 Å². The summed E-state index contributed by atoms with van der Waals surface area (Å²) >= 11 is 0. The summed E-state index contributed by atoms with van der Waals surface area (Å²) in [7, 11) is 0. The fourth-order valence-corrected chi connectivity index (χ4v) is 0.667. The number of hydrogen-bond donors (Lipinski definition) is 0. The first kappa shape index (κ1) is 7.00. The number of rotatable bonds is 0. The predicted molar refractivity (Wildman–Crippen MR) is 28.3 cm³/mol. The first-order valence-corrected chi connectivity index (χ1v) is 2.61. The van der Waals surface area contributed by atoms with Gasteiger partial charge in [-0.3, -0.25) is 0 Å². The summed E-state index contributed by atoms with van der Waals surface area (Å²) in [5.41, 5.74) is 0. The zero-order valence-electron chi connectivity index (χ0n) is 4.93. The Hall–Kier alpha value is -1.11. The highest BCUT2D eigenvalue weighted by molar-refractivity contribution is 5.77. The van der Waals surface area contributed by atoms with Crippen molar-refractivity contribution in [3.8, 4) is 12.3 Å². The molecule has 0 bridgehead atoms. The third-order valence-electron chi connectivity index (χ3n) is 1.18. The van der Waals surface area contributed by atoms with Crippen LogP contribution in [0, 0.1) is 12.3 Å². The van der Waals surface area contributed by atoms with E-state index < -0.39 is 24.4 Å². The molecule has 0 aromatic rings. The van der Waals surface area contributed by atoms with Crippen molar-refractivity contribution in [1.29, 1.82) is 0 Å². The Kier molecular flexibility index (Phi) is 1.36. The third kappa shape index (κ3) is 0.947. The maximum atomic E-state index is 12.6. The molecule has 1 aliphatic heterocycles. The van der Waals surface area contributed by atoms with Gasteiger partial charge in [0.1, 0.15) is 0 Å². The van der Waals surface area contributed by atoms with Crippen LogP contribution in [0.4, 0.5) is 8.78 Å². The molecule has 1 rings (SSSR count). The Morgan fingerprint density at radius 2 is 2.50 bits per heavy atom. The van der Waals surface area contributed by atoms with E-state index in [1.165, 1.54) is 0 Å². The molecule has 0 aliphatic carbocycles. The highest BCUT2D eigenvalue weighted by Gasteiger charge is 2.46. The fourth-order valence-electron chi connectivity index (χ4n) is 0.667. The van der Waals surface area contributed by atoms with Crippen molar-refractivity contribution in [2.24, 2.45) is 0 Å². The van der Waals surface area contributed by atoms with E-state index in [-0.39, 0.29) is 0 Å². The first-order valence-electron chi connectivity index (χ1n) is 2.61. The summed E-state index contributed by atoms with van der Waals surface area (Å²) < 4.78 is 28.7. The third-order valence-corrected chi connectivity index (χ3v) is 1.18. The van der Waals surface area contributed by atoms with Gasteiger partial charge in [0.2, 0.25) is 6.17 Å². The Bertz CT molecular complexity index is 208. The van der Waals surface area contributed by atoms with Gasteiger partial charge in [-0.05, 0) is 5.92 Å². The minimum atomic E-state index is -2.52. The molecule has 2 atom stereocenters. The van der Waals surface area contributed by atoms with Crippen LogP contribution < -0.4 is 0 Å². The molecule has 0 saturated carbocycles. The monoisotopic (exact) mass is 146 g/mol. The number of terminal acetylenes is 1. The van der Waals surface area contributed by atoms with Gasteiger partial charge in [0.15, 0.2) is 0 Å². The highest BCUT2D eigenvalue weighted by Crippen LogP contribution is 2.29. The van der Waals surface area contributed by atoms with Gasteiger partial charge in [-0.25, -0.2) is 9.18 Å². The standard InChI is InChI=1S/C6H4F2O2/c1-2-6(8)3-4(7)5(9)10-6/h1,4H,3H2. The van der Waals surface area contributed by atoms with E-state index in [0.717, 1.165) is 0 Å². The normalized spacial score (nSPS) is 38.9. The van der Waals surface area contributed by atoms with Crippen molar-refractivity contribution < 1.29 is 18.3 Å². The summed E-state index contributed by atoms with van der Waals surface area (Å²) in [6, 6.07) is 0. The minimum Gasteiger partial charge on any atom is -0.415 e. The van der Waals surface area contributed by atoms with Gasteiger partial charge in [-0.2, -0.15) is 4.39 Å². The molecule has 1 aliphatic rings. The Balaban J connectivity index is 2.76. The van der Waals surface area contributed by atoms with Crippen LogP contribution in [0.1, 0.15) is 6.42 Å². The van der Waals surface area contributed by atoms with E-state index in [1.807, 2.05) is 0 Å². The second kappa shape index (κ2) is 1.94. The van der Waals surface area contributed by atoms with E-state index in [2.05, 4.69) is 11.2 Å². The van der Waals surface area contributed by atoms with Crippen molar-refractivity contribution in [2.45, 2.75) is 18.4 Å². The van der Waals surface area contributed by atoms with Gasteiger partial charge >= 0.3 is 11.8 Å². The lowest BCUT2D eigenvalue weighted by Gasteiger charge is -2.07. The number of cyclic esters (lactones) is 1. The van der Waals surface area contributed by atoms with Gasteiger partial charge in [-0.1, -0.05) is 0 Å². The number of alkyl halides is 2. The molecule has 1 heterocycles. The fraction of sp³-hybridized carbons (Fsp3) is 0.500. The van der Waals surface area contributed by atoms with Crippen molar-refractivity contribution in [3.63, 3.8) is 0 Å². The maximum absolute atomic E-state index is 12.6. The summed E-state index contributed by atoms with van der Waals surface area (Å²) in [5.74, 6) is -2.19. The van der Waals surface area contributed by atoms with Gasteiger partial charge in [0, 0.05) is 0 Å². The quantitative estimate of drug-likeness (QED) is 0.369. The van der Waals surface area contributed by atoms with E-state index in [9.17, 15) is 13.6 Å². The van der Waals surface area contributed by atoms with Crippen LogP contribution in [0.3, 0.4) is 0 Å². The molecule has 0 spiro atoms. The van der Waals surface area contributed by atoms with Gasteiger partial charge in [0.05, 0.1) is 6.42 Å². The van der Waals surface area contributed by atoms with Crippen LogP contribution in [0.2, 0.25) is 0 Å². The van der Waals surface area contributed by atoms with Crippen molar-refractivity contribution in [2.75, 3.05) is 0 Å². The minimum absolute atomic E-state index is 0.692. The SMILES string of the molecule is C#CC1(F)CC(F)C(=O)O1. The second-order valence-corrected chi connectivity index (χ2v) is 1.97. The molecule has 0 amide bonds. The lowest BCUT2D eigenvalue weighted by atomic mass is 10.2. The van der Waals surface area contributed by atoms with Crippen LogP contribution in [-0.4, -0.2) is 18.0 Å². The molecular weight excluding hydrogens is 142 g/mol. The number of ether oxygens (including phenoxy) is 1. The van der Waals surface area contributed by atoms with E-state index in [4.69, 9.17) is 0 Å². The molecule has 2 nitrogen and oxygen atoms in total. The smallest absolute Gasteiger partial charge is 0.344 e. The molecule has 54 valence electrons. The van der Waals surface area contributed by atoms with Gasteiger partial charge in [0.25, 0.3) is 0 Å². The molecular formula is C6H4F2O2. The molecule has 4 heteroatoms. The van der Waals surface area contributed by atoms with Crippen LogP contribution in [0.25, 0.3) is 0 Å². The summed E-state index contributed by atoms with van der Waals surface area (Å²) in [6.07, 6.45) is 2.02. The van der Waals surface area contributed by atoms with E-state index in [1.54, 1.807) is 5.92 Å². The number of esters is 1. The van der Waals surface area contributed by atoms with Crippen molar-refractivity contribution >= 4 is 5.97 Å². The summed E-state index contributed by atoms with van der Waals surface area (Å²) in [4.78, 5) is 10.2. The van der Waals surface area contributed by atoms with Gasteiger partial charge in [-0.15, -0.1) is 6.42 Å². The number of carbonyl (C=O) groups excluding carboxylic acids is 1. The van der Waals surface area contributed by atoms with Crippen LogP contribution in [0.5, 0.6) is 0 Å². The molecule has 1 fully saturated rings. The Morgan fingerprint density at radius 1 is 1.90 bits per heavy atom. The van der Waals surface area contributed by atoms with Gasteiger partial charge < -0.3 is 4.74 Å². The molecule has 0 radical (unpaired) electrons. The molecule has 0 aromatic carbocycles. The predicted octanol–water partition coefficient (Wildman–Crippen LogP) is 0.570. The number of halogens is 2. The zero-order valence-corrected chi connectivity index (χ0v) is 4.93. The van der Waals surface area contributed by atoms with Crippen LogP contribution >= 0.6 is 0 Å². The summed E-state index contributed by atoms with van der Waals surface area (Å²) in [6.45, 7) is 0. The number of carbonyl (C=O) groups is 1. The topological polar surface area (TPSA) is 26.3 Å². The first-order chi connectivity index (χ1) is 4.57. The van der Waals surface area contributed by atoms with Crippen LogP contribution in [0.15, 0.2) is 0 Å². The van der Waals surface area contributed by atoms with E-state index in [0.29, 0.717) is 0 Å². The zero-order chi connectivity index (χ0) is 7.78. The molecule has 2 unspecified atom stereocenters. The lowest BCUT2D eigenvalue weighted by molar-refractivity contribution is -0.156. The average molecular weight is 146 g/mol. The number of hydrogen-bond acceptors (Lipinski definition) is 2. The Labute approximate surface area is 56.2 Å². The second-order valence-electron chi connectivity index (χ2n) is 1.97. The largest absolute Gasteiger partial charge is 0.415 e.